The lowest BCUT2D eigenvalue weighted by molar-refractivity contribution is -0.141. The molecular weight excluding hydrogens is 284 g/mol. The highest BCUT2D eigenvalue weighted by Gasteiger charge is 2.21. The van der Waals surface area contributed by atoms with Crippen molar-refractivity contribution < 1.29 is 9.53 Å². The number of esters is 1. The summed E-state index contributed by atoms with van der Waals surface area (Å²) in [6.45, 7) is 0. The largest absolute Gasteiger partial charge is 0.469 e. The van der Waals surface area contributed by atoms with Crippen molar-refractivity contribution in [1.29, 1.82) is 5.26 Å². The first-order valence-corrected chi connectivity index (χ1v) is 7.35. The first kappa shape index (κ1) is 15.1. The lowest BCUT2D eigenvalue weighted by Crippen LogP contribution is -2.16. The maximum absolute atomic E-state index is 11.9. The minimum Gasteiger partial charge on any atom is -0.469 e. The van der Waals surface area contributed by atoms with Crippen LogP contribution in [0.2, 0.25) is 0 Å². The Bertz CT molecular complexity index is 653. The third-order valence-corrected chi connectivity index (χ3v) is 3.97. The lowest BCUT2D eigenvalue weighted by Gasteiger charge is -2.14. The second kappa shape index (κ2) is 7.46. The Labute approximate surface area is 127 Å². The van der Waals surface area contributed by atoms with Crippen LogP contribution in [0.25, 0.3) is 0 Å². The van der Waals surface area contributed by atoms with Crippen LogP contribution in [0.1, 0.15) is 17.0 Å². The summed E-state index contributed by atoms with van der Waals surface area (Å²) in [4.78, 5) is 16.1. The highest BCUT2D eigenvalue weighted by atomic mass is 32.2. The normalized spacial score (nSPS) is 11.4. The molecule has 21 heavy (non-hydrogen) atoms. The molecule has 0 bridgehead atoms. The van der Waals surface area contributed by atoms with Gasteiger partial charge in [-0.3, -0.25) is 4.79 Å². The molecule has 1 atom stereocenters. The number of hydrogen-bond donors (Lipinski definition) is 0. The van der Waals surface area contributed by atoms with E-state index in [2.05, 4.69) is 11.1 Å². The Hall–Kier alpha value is -2.32. The maximum Gasteiger partial charge on any atom is 0.313 e. The highest BCUT2D eigenvalue weighted by molar-refractivity contribution is 7.99. The van der Waals surface area contributed by atoms with E-state index in [1.807, 2.05) is 30.3 Å². The Morgan fingerprint density at radius 3 is 2.81 bits per heavy atom. The predicted octanol–water partition coefficient (Wildman–Crippen LogP) is 3.00. The number of aromatic nitrogens is 1. The van der Waals surface area contributed by atoms with Crippen molar-refractivity contribution >= 4 is 17.7 Å². The van der Waals surface area contributed by atoms with E-state index < -0.39 is 0 Å². The topological polar surface area (TPSA) is 63.0 Å². The van der Waals surface area contributed by atoms with Gasteiger partial charge in [0.25, 0.3) is 0 Å². The Morgan fingerprint density at radius 1 is 1.38 bits per heavy atom. The van der Waals surface area contributed by atoms with E-state index in [1.54, 1.807) is 18.3 Å². The monoisotopic (exact) mass is 298 g/mol. The number of ether oxygens (including phenoxy) is 1. The van der Waals surface area contributed by atoms with Crippen LogP contribution < -0.4 is 0 Å². The Kier molecular flexibility index (Phi) is 5.35. The molecule has 0 saturated carbocycles. The molecule has 4 nitrogen and oxygen atoms in total. The summed E-state index contributed by atoms with van der Waals surface area (Å²) in [6.07, 6.45) is 1.59. The van der Waals surface area contributed by atoms with Gasteiger partial charge in [0.2, 0.25) is 0 Å². The van der Waals surface area contributed by atoms with E-state index in [4.69, 9.17) is 10.00 Å². The highest BCUT2D eigenvalue weighted by Crippen LogP contribution is 2.26. The van der Waals surface area contributed by atoms with Crippen molar-refractivity contribution in [3.05, 3.63) is 59.8 Å². The number of benzene rings is 1. The second-order valence-electron chi connectivity index (χ2n) is 4.29. The zero-order valence-corrected chi connectivity index (χ0v) is 12.3. The van der Waals surface area contributed by atoms with E-state index in [1.165, 1.54) is 18.9 Å². The van der Waals surface area contributed by atoms with Crippen LogP contribution in [0, 0.1) is 11.3 Å². The zero-order chi connectivity index (χ0) is 15.1. The van der Waals surface area contributed by atoms with Gasteiger partial charge in [0.1, 0.15) is 0 Å². The minimum absolute atomic E-state index is 0.273. The van der Waals surface area contributed by atoms with E-state index in [9.17, 15) is 4.79 Å². The average molecular weight is 298 g/mol. The van der Waals surface area contributed by atoms with E-state index >= 15 is 0 Å². The van der Waals surface area contributed by atoms with Gasteiger partial charge in [-0.1, -0.05) is 30.3 Å². The Morgan fingerprint density at radius 2 is 2.14 bits per heavy atom. The number of hydrogen-bond acceptors (Lipinski definition) is 5. The van der Waals surface area contributed by atoms with E-state index in [0.29, 0.717) is 11.3 Å². The quantitative estimate of drug-likeness (QED) is 0.627. The number of thioether (sulfide) groups is 1. The van der Waals surface area contributed by atoms with Gasteiger partial charge in [0.05, 0.1) is 29.7 Å². The molecular formula is C16H14N2O2S. The summed E-state index contributed by atoms with van der Waals surface area (Å²) in [7, 11) is 1.39. The molecule has 0 spiro atoms. The summed E-state index contributed by atoms with van der Waals surface area (Å²) < 4.78 is 4.88. The average Bonchev–Trinajstić information content (AvgIpc) is 2.56. The third-order valence-electron chi connectivity index (χ3n) is 2.95. The van der Waals surface area contributed by atoms with Gasteiger partial charge in [-0.05, 0) is 17.7 Å². The summed E-state index contributed by atoms with van der Waals surface area (Å²) in [5.41, 5.74) is 1.47. The van der Waals surface area contributed by atoms with Gasteiger partial charge in [-0.15, -0.1) is 11.8 Å². The second-order valence-corrected chi connectivity index (χ2v) is 5.33. The van der Waals surface area contributed by atoms with Gasteiger partial charge in [0, 0.05) is 11.9 Å². The van der Waals surface area contributed by atoms with E-state index in [0.717, 1.165) is 10.6 Å². The van der Waals surface area contributed by atoms with Crippen molar-refractivity contribution in [3.8, 4) is 6.07 Å². The van der Waals surface area contributed by atoms with Gasteiger partial charge in [0.15, 0.2) is 0 Å². The van der Waals surface area contributed by atoms with Gasteiger partial charge < -0.3 is 4.74 Å². The van der Waals surface area contributed by atoms with Crippen LogP contribution in [0.3, 0.4) is 0 Å². The summed E-state index contributed by atoms with van der Waals surface area (Å²) in [5.74, 6) is -0.114. The summed E-state index contributed by atoms with van der Waals surface area (Å²) >= 11 is 1.43. The van der Waals surface area contributed by atoms with Crippen LogP contribution in [-0.4, -0.2) is 23.8 Å². The molecule has 1 aromatic carbocycles. The molecule has 0 aliphatic carbocycles. The van der Waals surface area contributed by atoms with Crippen LogP contribution in [0.4, 0.5) is 0 Å². The molecule has 0 radical (unpaired) electrons. The third kappa shape index (κ3) is 4.07. The lowest BCUT2D eigenvalue weighted by atomic mass is 10.0. The molecule has 1 heterocycles. The molecule has 5 heteroatoms. The molecule has 2 rings (SSSR count). The molecule has 2 aromatic rings. The SMILES string of the molecule is COC(=O)C(CSc1cc(C#N)ccn1)c1ccccc1. The predicted molar refractivity (Wildman–Crippen MR) is 80.9 cm³/mol. The molecule has 0 aliphatic heterocycles. The number of nitriles is 1. The molecule has 0 fully saturated rings. The molecule has 0 N–H and O–H groups in total. The molecule has 0 saturated heterocycles. The van der Waals surface area contributed by atoms with Gasteiger partial charge in [-0.25, -0.2) is 4.98 Å². The standard InChI is InChI=1S/C16H14N2O2S/c1-20-16(19)14(13-5-3-2-4-6-13)11-21-15-9-12(10-17)7-8-18-15/h2-9,14H,11H2,1H3. The number of carbonyl (C=O) groups excluding carboxylic acids is 1. The van der Waals surface area contributed by atoms with Gasteiger partial charge >= 0.3 is 5.97 Å². The van der Waals surface area contributed by atoms with Crippen LogP contribution >= 0.6 is 11.8 Å². The summed E-state index contributed by atoms with van der Waals surface area (Å²) in [5, 5.41) is 9.60. The number of rotatable bonds is 5. The number of nitrogens with zero attached hydrogens (tertiary/aromatic N) is 2. The maximum atomic E-state index is 11.9. The van der Waals surface area contributed by atoms with Crippen LogP contribution in [0.15, 0.2) is 53.7 Å². The molecule has 106 valence electrons. The fourth-order valence-electron chi connectivity index (χ4n) is 1.85. The first-order chi connectivity index (χ1) is 10.2. The van der Waals surface area contributed by atoms with Crippen molar-refractivity contribution in [3.63, 3.8) is 0 Å². The van der Waals surface area contributed by atoms with Crippen LogP contribution in [0.5, 0.6) is 0 Å². The molecule has 1 unspecified atom stereocenters. The van der Waals surface area contributed by atoms with Crippen molar-refractivity contribution in [2.75, 3.05) is 12.9 Å². The molecule has 1 aromatic heterocycles. The summed E-state index contributed by atoms with van der Waals surface area (Å²) in [6, 6.07) is 14.9. The van der Waals surface area contributed by atoms with E-state index in [-0.39, 0.29) is 11.9 Å². The fraction of sp³-hybridized carbons (Fsp3) is 0.188. The number of methoxy groups -OCH3 is 1. The first-order valence-electron chi connectivity index (χ1n) is 6.36. The van der Waals surface area contributed by atoms with Crippen molar-refractivity contribution in [2.24, 2.45) is 0 Å². The van der Waals surface area contributed by atoms with Gasteiger partial charge in [-0.2, -0.15) is 5.26 Å². The number of carbonyl (C=O) groups is 1. The molecule has 0 amide bonds. The zero-order valence-electron chi connectivity index (χ0n) is 11.5. The number of pyridine rings is 1. The molecule has 0 aliphatic rings. The van der Waals surface area contributed by atoms with Crippen molar-refractivity contribution in [1.82, 2.24) is 4.98 Å². The smallest absolute Gasteiger partial charge is 0.313 e. The Balaban J connectivity index is 2.13. The van der Waals surface area contributed by atoms with Crippen LogP contribution in [-0.2, 0) is 9.53 Å². The minimum atomic E-state index is -0.353. The van der Waals surface area contributed by atoms with Crippen molar-refractivity contribution in [2.45, 2.75) is 10.9 Å². The fourth-order valence-corrected chi connectivity index (χ4v) is 2.87.